The fourth-order valence-corrected chi connectivity index (χ4v) is 1.49. The monoisotopic (exact) mass is 175 g/mol. The highest BCUT2D eigenvalue weighted by Crippen LogP contribution is 2.36. The molecule has 0 saturated carbocycles. The van der Waals surface area contributed by atoms with E-state index < -0.39 is 7.60 Å². The number of hydrogen-bond acceptors (Lipinski definition) is 2. The fourth-order valence-electron chi connectivity index (χ4n) is 0.832. The van der Waals surface area contributed by atoms with E-state index in [1.807, 2.05) is 6.08 Å². The Bertz CT molecular complexity index is 240. The van der Waals surface area contributed by atoms with Gasteiger partial charge in [-0.2, -0.15) is 0 Å². The van der Waals surface area contributed by atoms with Gasteiger partial charge in [-0.05, 0) is 6.08 Å². The topological polar surface area (TPSA) is 69.6 Å². The first kappa shape index (κ1) is 8.53. The highest BCUT2D eigenvalue weighted by atomic mass is 31.2. The van der Waals surface area contributed by atoms with Gasteiger partial charge in [0.05, 0.1) is 6.16 Å². The predicted molar refractivity (Wildman–Crippen MR) is 42.1 cm³/mol. The van der Waals surface area contributed by atoms with Crippen LogP contribution in [-0.4, -0.2) is 22.5 Å². The van der Waals surface area contributed by atoms with Crippen molar-refractivity contribution in [1.29, 1.82) is 0 Å². The van der Waals surface area contributed by atoms with Crippen LogP contribution >= 0.6 is 7.60 Å². The van der Waals surface area contributed by atoms with Crippen molar-refractivity contribution in [2.24, 2.45) is 0 Å². The summed E-state index contributed by atoms with van der Waals surface area (Å²) in [6.07, 6.45) is 5.13. The second-order valence-corrected chi connectivity index (χ2v) is 3.97. The van der Waals surface area contributed by atoms with Gasteiger partial charge in [0, 0.05) is 12.2 Å². The molecular formula is C6H10NO3P. The standard InChI is InChI=1S/C6H10NO3P/c8-11(9,10)5-6-3-1-2-4-7-6/h1-3,7H,4-5H2,(H2,8,9,10). The van der Waals surface area contributed by atoms with Crippen LogP contribution in [0.15, 0.2) is 23.9 Å². The van der Waals surface area contributed by atoms with Crippen LogP contribution in [0.4, 0.5) is 0 Å². The molecule has 0 aliphatic carbocycles. The lowest BCUT2D eigenvalue weighted by Crippen LogP contribution is -2.18. The second-order valence-electron chi connectivity index (χ2n) is 2.32. The molecule has 4 nitrogen and oxygen atoms in total. The van der Waals surface area contributed by atoms with E-state index in [1.54, 1.807) is 12.2 Å². The van der Waals surface area contributed by atoms with Crippen LogP contribution in [0.3, 0.4) is 0 Å². The summed E-state index contributed by atoms with van der Waals surface area (Å²) < 4.78 is 10.5. The van der Waals surface area contributed by atoms with Crippen molar-refractivity contribution in [3.05, 3.63) is 23.9 Å². The first-order valence-electron chi connectivity index (χ1n) is 3.22. The maximum Gasteiger partial charge on any atom is 0.331 e. The van der Waals surface area contributed by atoms with Crippen molar-refractivity contribution < 1.29 is 14.4 Å². The Morgan fingerprint density at radius 2 is 2.36 bits per heavy atom. The van der Waals surface area contributed by atoms with Crippen LogP contribution in [-0.2, 0) is 4.57 Å². The van der Waals surface area contributed by atoms with Gasteiger partial charge in [0.1, 0.15) is 0 Å². The molecule has 0 radical (unpaired) electrons. The Balaban J connectivity index is 2.56. The quantitative estimate of drug-likeness (QED) is 0.524. The third-order valence-corrected chi connectivity index (χ3v) is 2.01. The molecule has 3 N–H and O–H groups in total. The second kappa shape index (κ2) is 3.22. The Kier molecular flexibility index (Phi) is 2.49. The van der Waals surface area contributed by atoms with E-state index in [4.69, 9.17) is 9.79 Å². The van der Waals surface area contributed by atoms with Crippen LogP contribution in [0.2, 0.25) is 0 Å². The van der Waals surface area contributed by atoms with Crippen molar-refractivity contribution in [3.8, 4) is 0 Å². The van der Waals surface area contributed by atoms with E-state index in [1.165, 1.54) is 0 Å². The summed E-state index contributed by atoms with van der Waals surface area (Å²) in [6, 6.07) is 0. The van der Waals surface area contributed by atoms with E-state index in [0.717, 1.165) is 0 Å². The summed E-state index contributed by atoms with van der Waals surface area (Å²) in [5, 5.41) is 2.86. The lowest BCUT2D eigenvalue weighted by atomic mass is 10.3. The summed E-state index contributed by atoms with van der Waals surface area (Å²) >= 11 is 0. The van der Waals surface area contributed by atoms with Crippen molar-refractivity contribution >= 4 is 7.60 Å². The van der Waals surface area contributed by atoms with Crippen LogP contribution in [0.25, 0.3) is 0 Å². The Hall–Kier alpha value is -0.570. The number of hydrogen-bond donors (Lipinski definition) is 3. The van der Waals surface area contributed by atoms with E-state index in [2.05, 4.69) is 5.32 Å². The van der Waals surface area contributed by atoms with Gasteiger partial charge >= 0.3 is 7.60 Å². The first-order valence-corrected chi connectivity index (χ1v) is 5.02. The van der Waals surface area contributed by atoms with Gasteiger partial charge in [-0.15, -0.1) is 0 Å². The Morgan fingerprint density at radius 1 is 1.64 bits per heavy atom. The molecule has 0 spiro atoms. The molecular weight excluding hydrogens is 165 g/mol. The number of rotatable bonds is 2. The molecule has 1 rings (SSSR count). The minimum atomic E-state index is -3.90. The average Bonchev–Trinajstić information content (AvgIpc) is 1.85. The summed E-state index contributed by atoms with van der Waals surface area (Å²) in [4.78, 5) is 17.2. The van der Waals surface area contributed by atoms with Crippen LogP contribution in [0.5, 0.6) is 0 Å². The average molecular weight is 175 g/mol. The molecule has 1 aliphatic heterocycles. The van der Waals surface area contributed by atoms with E-state index in [0.29, 0.717) is 12.2 Å². The normalized spacial score (nSPS) is 17.5. The van der Waals surface area contributed by atoms with E-state index in [9.17, 15) is 4.57 Å². The smallest absolute Gasteiger partial charge is 0.331 e. The molecule has 1 heterocycles. The number of dihydropyridines is 1. The van der Waals surface area contributed by atoms with E-state index in [-0.39, 0.29) is 6.16 Å². The molecule has 62 valence electrons. The number of nitrogens with one attached hydrogen (secondary N) is 1. The van der Waals surface area contributed by atoms with Gasteiger partial charge in [-0.1, -0.05) is 12.2 Å². The zero-order valence-corrected chi connectivity index (χ0v) is 6.79. The summed E-state index contributed by atoms with van der Waals surface area (Å²) in [7, 11) is -3.90. The summed E-state index contributed by atoms with van der Waals surface area (Å²) in [5.74, 6) is 0. The minimum absolute atomic E-state index is 0.197. The van der Waals surface area contributed by atoms with E-state index >= 15 is 0 Å². The molecule has 0 atom stereocenters. The molecule has 0 amide bonds. The van der Waals surface area contributed by atoms with Gasteiger partial charge in [-0.3, -0.25) is 4.57 Å². The van der Waals surface area contributed by atoms with Gasteiger partial charge in [-0.25, -0.2) is 0 Å². The molecule has 0 aromatic heterocycles. The van der Waals surface area contributed by atoms with Crippen molar-refractivity contribution in [2.45, 2.75) is 0 Å². The lowest BCUT2D eigenvalue weighted by Gasteiger charge is -2.12. The van der Waals surface area contributed by atoms with Crippen LogP contribution in [0.1, 0.15) is 0 Å². The van der Waals surface area contributed by atoms with Crippen molar-refractivity contribution in [3.63, 3.8) is 0 Å². The van der Waals surface area contributed by atoms with Crippen LogP contribution < -0.4 is 5.32 Å². The van der Waals surface area contributed by atoms with Gasteiger partial charge in [0.15, 0.2) is 0 Å². The molecule has 0 aromatic rings. The third-order valence-electron chi connectivity index (χ3n) is 1.26. The highest BCUT2D eigenvalue weighted by Gasteiger charge is 2.15. The molecule has 0 aromatic carbocycles. The maximum atomic E-state index is 10.5. The largest absolute Gasteiger partial charge is 0.384 e. The molecule has 5 heteroatoms. The maximum absolute atomic E-state index is 10.5. The SMILES string of the molecule is O=P(O)(O)CC1=CC=CCN1. The molecule has 0 fully saturated rings. The third kappa shape index (κ3) is 3.37. The molecule has 11 heavy (non-hydrogen) atoms. The molecule has 0 saturated heterocycles. The van der Waals surface area contributed by atoms with Crippen molar-refractivity contribution in [2.75, 3.05) is 12.7 Å². The van der Waals surface area contributed by atoms with Crippen molar-refractivity contribution in [1.82, 2.24) is 5.32 Å². The lowest BCUT2D eigenvalue weighted by molar-refractivity contribution is 0.375. The molecule has 0 bridgehead atoms. The minimum Gasteiger partial charge on any atom is -0.384 e. The summed E-state index contributed by atoms with van der Waals surface area (Å²) in [5.41, 5.74) is 0.598. The fraction of sp³-hybridized carbons (Fsp3) is 0.333. The van der Waals surface area contributed by atoms with Gasteiger partial charge in [0.25, 0.3) is 0 Å². The predicted octanol–water partition coefficient (Wildman–Crippen LogP) is 0.207. The summed E-state index contributed by atoms with van der Waals surface area (Å²) in [6.45, 7) is 0.645. The van der Waals surface area contributed by atoms with Crippen LogP contribution in [0, 0.1) is 0 Å². The molecule has 1 aliphatic rings. The first-order chi connectivity index (χ1) is 5.08. The number of allylic oxidation sites excluding steroid dienone is 3. The Morgan fingerprint density at radius 3 is 2.82 bits per heavy atom. The van der Waals surface area contributed by atoms with Gasteiger partial charge in [0.2, 0.25) is 0 Å². The zero-order chi connectivity index (χ0) is 8.32. The zero-order valence-electron chi connectivity index (χ0n) is 5.90. The molecule has 0 unspecified atom stereocenters. The van der Waals surface area contributed by atoms with Gasteiger partial charge < -0.3 is 15.1 Å². The Labute approximate surface area is 64.8 Å². The highest BCUT2D eigenvalue weighted by molar-refractivity contribution is 7.52.